The first-order valence-corrected chi connectivity index (χ1v) is 5.70. The summed E-state index contributed by atoms with van der Waals surface area (Å²) in [5.41, 5.74) is 1.29. The lowest BCUT2D eigenvalue weighted by atomic mass is 10.1. The molecule has 96 valence electrons. The molecule has 0 aromatic heterocycles. The summed E-state index contributed by atoms with van der Waals surface area (Å²) < 4.78 is 5.12. The average Bonchev–Trinajstić information content (AvgIpc) is 2.47. The molecular weight excluding hydrogens is 244 g/mol. The zero-order valence-electron chi connectivity index (χ0n) is 10.1. The molecule has 2 aromatic carbocycles. The highest BCUT2D eigenvalue weighted by Gasteiger charge is 2.07. The summed E-state index contributed by atoms with van der Waals surface area (Å²) in [4.78, 5) is 22.4. The van der Waals surface area contributed by atoms with E-state index in [0.29, 0.717) is 17.4 Å². The van der Waals surface area contributed by atoms with Crippen molar-refractivity contribution >= 4 is 12.3 Å². The molecule has 4 nitrogen and oxygen atoms in total. The number of ether oxygens (including phenoxy) is 1. The summed E-state index contributed by atoms with van der Waals surface area (Å²) in [5, 5.41) is 9.35. The van der Waals surface area contributed by atoms with E-state index in [1.54, 1.807) is 30.3 Å². The van der Waals surface area contributed by atoms with Crippen molar-refractivity contribution in [3.05, 3.63) is 65.2 Å². The lowest BCUT2D eigenvalue weighted by Gasteiger charge is -2.06. The Morgan fingerprint density at radius 1 is 1.16 bits per heavy atom. The molecule has 0 aliphatic heterocycles. The van der Waals surface area contributed by atoms with Crippen LogP contribution >= 0.6 is 0 Å². The number of benzene rings is 2. The lowest BCUT2D eigenvalue weighted by molar-refractivity contribution is 0.0472. The smallest absolute Gasteiger partial charge is 0.338 e. The van der Waals surface area contributed by atoms with E-state index in [4.69, 9.17) is 4.74 Å². The number of carbonyl (C=O) groups excluding carboxylic acids is 2. The SMILES string of the molecule is O=Cc1cc(COC(=O)c2ccccc2)ccc1O. The van der Waals surface area contributed by atoms with E-state index in [9.17, 15) is 14.7 Å². The molecule has 0 aliphatic rings. The van der Waals surface area contributed by atoms with Crippen molar-refractivity contribution in [2.24, 2.45) is 0 Å². The Morgan fingerprint density at radius 3 is 2.58 bits per heavy atom. The van der Waals surface area contributed by atoms with Crippen LogP contribution in [0.25, 0.3) is 0 Å². The highest BCUT2D eigenvalue weighted by Crippen LogP contribution is 2.17. The van der Waals surface area contributed by atoms with Crippen molar-refractivity contribution in [2.45, 2.75) is 6.61 Å². The van der Waals surface area contributed by atoms with Gasteiger partial charge in [0.15, 0.2) is 6.29 Å². The monoisotopic (exact) mass is 256 g/mol. The molecule has 0 atom stereocenters. The summed E-state index contributed by atoms with van der Waals surface area (Å²) in [6, 6.07) is 13.1. The number of phenols is 1. The Kier molecular flexibility index (Phi) is 3.93. The van der Waals surface area contributed by atoms with Crippen LogP contribution in [0.3, 0.4) is 0 Å². The van der Waals surface area contributed by atoms with E-state index in [1.807, 2.05) is 6.07 Å². The minimum atomic E-state index is -0.429. The fourth-order valence-corrected chi connectivity index (χ4v) is 1.59. The number of aromatic hydroxyl groups is 1. The van der Waals surface area contributed by atoms with Gasteiger partial charge in [-0.2, -0.15) is 0 Å². The number of esters is 1. The molecule has 1 N–H and O–H groups in total. The first-order chi connectivity index (χ1) is 9.20. The third kappa shape index (κ3) is 3.19. The highest BCUT2D eigenvalue weighted by molar-refractivity contribution is 5.89. The van der Waals surface area contributed by atoms with E-state index in [2.05, 4.69) is 0 Å². The zero-order valence-corrected chi connectivity index (χ0v) is 10.1. The second-order valence-corrected chi connectivity index (χ2v) is 3.95. The second kappa shape index (κ2) is 5.82. The van der Waals surface area contributed by atoms with Gasteiger partial charge in [-0.05, 0) is 29.8 Å². The summed E-state index contributed by atoms with van der Waals surface area (Å²) in [7, 11) is 0. The maximum Gasteiger partial charge on any atom is 0.338 e. The van der Waals surface area contributed by atoms with Gasteiger partial charge in [0.25, 0.3) is 0 Å². The number of hydrogen-bond donors (Lipinski definition) is 1. The fourth-order valence-electron chi connectivity index (χ4n) is 1.59. The molecule has 4 heteroatoms. The molecular formula is C15H12O4. The number of carbonyl (C=O) groups is 2. The van der Waals surface area contributed by atoms with Gasteiger partial charge in [-0.1, -0.05) is 24.3 Å². The van der Waals surface area contributed by atoms with Crippen LogP contribution < -0.4 is 0 Å². The minimum Gasteiger partial charge on any atom is -0.507 e. The molecule has 2 aromatic rings. The minimum absolute atomic E-state index is 0.0504. The summed E-state index contributed by atoms with van der Waals surface area (Å²) in [6.07, 6.45) is 0.553. The fraction of sp³-hybridized carbons (Fsp3) is 0.0667. The molecule has 0 amide bonds. The first-order valence-electron chi connectivity index (χ1n) is 5.70. The summed E-state index contributed by atoms with van der Waals surface area (Å²) >= 11 is 0. The van der Waals surface area contributed by atoms with Crippen molar-refractivity contribution in [1.29, 1.82) is 0 Å². The molecule has 0 unspecified atom stereocenters. The predicted molar refractivity (Wildman–Crippen MR) is 69.1 cm³/mol. The molecule has 0 spiro atoms. The van der Waals surface area contributed by atoms with Crippen molar-refractivity contribution in [3.8, 4) is 5.75 Å². The van der Waals surface area contributed by atoms with Gasteiger partial charge in [0.2, 0.25) is 0 Å². The van der Waals surface area contributed by atoms with Crippen LogP contribution in [0, 0.1) is 0 Å². The third-order valence-corrected chi connectivity index (χ3v) is 2.60. The second-order valence-electron chi connectivity index (χ2n) is 3.95. The topological polar surface area (TPSA) is 63.6 Å². The molecule has 0 radical (unpaired) electrons. The first kappa shape index (κ1) is 12.8. The van der Waals surface area contributed by atoms with Crippen LogP contribution in [0.4, 0.5) is 0 Å². The maximum atomic E-state index is 11.7. The van der Waals surface area contributed by atoms with Crippen LogP contribution in [0.5, 0.6) is 5.75 Å². The van der Waals surface area contributed by atoms with Crippen LogP contribution in [0.1, 0.15) is 26.3 Å². The predicted octanol–water partition coefficient (Wildman–Crippen LogP) is 2.56. The Labute approximate surface area is 110 Å². The van der Waals surface area contributed by atoms with Crippen molar-refractivity contribution in [1.82, 2.24) is 0 Å². The van der Waals surface area contributed by atoms with Gasteiger partial charge in [-0.3, -0.25) is 4.79 Å². The third-order valence-electron chi connectivity index (χ3n) is 2.60. The average molecular weight is 256 g/mol. The molecule has 19 heavy (non-hydrogen) atoms. The molecule has 0 bridgehead atoms. The van der Waals surface area contributed by atoms with Gasteiger partial charge in [-0.15, -0.1) is 0 Å². The Morgan fingerprint density at radius 2 is 1.89 bits per heavy atom. The van der Waals surface area contributed by atoms with E-state index in [-0.39, 0.29) is 17.9 Å². The van der Waals surface area contributed by atoms with Gasteiger partial charge in [0.1, 0.15) is 12.4 Å². The molecule has 0 saturated heterocycles. The van der Waals surface area contributed by atoms with Crippen LogP contribution in [-0.2, 0) is 11.3 Å². The Hall–Kier alpha value is -2.62. The van der Waals surface area contributed by atoms with E-state index in [1.165, 1.54) is 12.1 Å². The Balaban J connectivity index is 2.03. The molecule has 0 heterocycles. The lowest BCUT2D eigenvalue weighted by Crippen LogP contribution is -2.05. The standard InChI is InChI=1S/C15H12O4/c16-9-13-8-11(6-7-14(13)17)10-19-15(18)12-4-2-1-3-5-12/h1-9,17H,10H2. The van der Waals surface area contributed by atoms with Gasteiger partial charge in [0.05, 0.1) is 11.1 Å². The van der Waals surface area contributed by atoms with Gasteiger partial charge < -0.3 is 9.84 Å². The van der Waals surface area contributed by atoms with Crippen LogP contribution in [-0.4, -0.2) is 17.4 Å². The molecule has 0 saturated carbocycles. The maximum absolute atomic E-state index is 11.7. The van der Waals surface area contributed by atoms with Crippen molar-refractivity contribution in [2.75, 3.05) is 0 Å². The molecule has 0 aliphatic carbocycles. The van der Waals surface area contributed by atoms with Gasteiger partial charge in [-0.25, -0.2) is 4.79 Å². The number of rotatable bonds is 4. The number of phenolic OH excluding ortho intramolecular Hbond substituents is 1. The van der Waals surface area contributed by atoms with Crippen molar-refractivity contribution in [3.63, 3.8) is 0 Å². The molecule has 2 rings (SSSR count). The summed E-state index contributed by atoms with van der Waals surface area (Å²) in [6.45, 7) is 0.0504. The van der Waals surface area contributed by atoms with E-state index in [0.717, 1.165) is 0 Å². The van der Waals surface area contributed by atoms with Crippen LogP contribution in [0.2, 0.25) is 0 Å². The number of aldehydes is 1. The Bertz CT molecular complexity index is 590. The quantitative estimate of drug-likeness (QED) is 0.674. The normalized spacial score (nSPS) is 9.89. The van der Waals surface area contributed by atoms with E-state index < -0.39 is 5.97 Å². The van der Waals surface area contributed by atoms with Crippen molar-refractivity contribution < 1.29 is 19.4 Å². The largest absolute Gasteiger partial charge is 0.507 e. The van der Waals surface area contributed by atoms with E-state index >= 15 is 0 Å². The van der Waals surface area contributed by atoms with Gasteiger partial charge in [0, 0.05) is 0 Å². The molecule has 0 fully saturated rings. The van der Waals surface area contributed by atoms with Crippen LogP contribution in [0.15, 0.2) is 48.5 Å². The van der Waals surface area contributed by atoms with Gasteiger partial charge >= 0.3 is 5.97 Å². The number of hydrogen-bond acceptors (Lipinski definition) is 4. The zero-order chi connectivity index (χ0) is 13.7. The highest BCUT2D eigenvalue weighted by atomic mass is 16.5. The summed E-state index contributed by atoms with van der Waals surface area (Å²) in [5.74, 6) is -0.519.